The van der Waals surface area contributed by atoms with Crippen LogP contribution in [0.4, 0.5) is 0 Å². The predicted octanol–water partition coefficient (Wildman–Crippen LogP) is 1.18. The zero-order valence-corrected chi connectivity index (χ0v) is 6.23. The predicted molar refractivity (Wildman–Crippen MR) is 43.5 cm³/mol. The summed E-state index contributed by atoms with van der Waals surface area (Å²) in [7, 11) is 0. The molecular formula is C8H7N3O. The molecule has 12 heavy (non-hydrogen) atoms. The Kier molecular flexibility index (Phi) is 1.51. The molecule has 0 aliphatic carbocycles. The molecule has 2 aromatic heterocycles. The smallest absolute Gasteiger partial charge is 0.238 e. The lowest BCUT2D eigenvalue weighted by Gasteiger charge is -1.94. The van der Waals surface area contributed by atoms with Crippen LogP contribution in [0.2, 0.25) is 0 Å². The van der Waals surface area contributed by atoms with Crippen molar-refractivity contribution in [3.8, 4) is 17.0 Å². The molecule has 0 fully saturated rings. The second-order valence-corrected chi connectivity index (χ2v) is 2.36. The van der Waals surface area contributed by atoms with Crippen molar-refractivity contribution in [2.45, 2.75) is 0 Å². The molecule has 2 rings (SSSR count). The number of aromatic amines is 1. The highest BCUT2D eigenvalue weighted by molar-refractivity contribution is 5.66. The van der Waals surface area contributed by atoms with Crippen LogP contribution in [0.25, 0.3) is 11.1 Å². The van der Waals surface area contributed by atoms with Gasteiger partial charge in [-0.1, -0.05) is 0 Å². The number of nitrogens with zero attached hydrogens (tertiary/aromatic N) is 2. The van der Waals surface area contributed by atoms with Crippen LogP contribution in [0.3, 0.4) is 0 Å². The number of H-pyrrole nitrogens is 1. The third-order valence-corrected chi connectivity index (χ3v) is 1.61. The quantitative estimate of drug-likeness (QED) is 0.660. The van der Waals surface area contributed by atoms with Crippen molar-refractivity contribution in [1.82, 2.24) is 15.2 Å². The Morgan fingerprint density at radius 2 is 2.00 bits per heavy atom. The molecule has 0 unspecified atom stereocenters. The summed E-state index contributed by atoms with van der Waals surface area (Å²) in [6, 6.07) is 3.62. The molecule has 0 aliphatic heterocycles. The molecular weight excluding hydrogens is 154 g/mol. The molecule has 0 atom stereocenters. The summed E-state index contributed by atoms with van der Waals surface area (Å²) in [6.07, 6.45) is 4.98. The summed E-state index contributed by atoms with van der Waals surface area (Å²) in [5.74, 6) is 0.0150. The van der Waals surface area contributed by atoms with E-state index in [2.05, 4.69) is 15.2 Å². The van der Waals surface area contributed by atoms with E-state index in [-0.39, 0.29) is 5.88 Å². The van der Waals surface area contributed by atoms with Gasteiger partial charge in [0.05, 0.1) is 5.56 Å². The molecule has 4 nitrogen and oxygen atoms in total. The molecule has 60 valence electrons. The van der Waals surface area contributed by atoms with Crippen LogP contribution in [0.1, 0.15) is 0 Å². The highest BCUT2D eigenvalue weighted by Gasteiger charge is 2.04. The van der Waals surface area contributed by atoms with Crippen LogP contribution in [-0.2, 0) is 0 Å². The van der Waals surface area contributed by atoms with Gasteiger partial charge in [0.1, 0.15) is 0 Å². The summed E-state index contributed by atoms with van der Waals surface area (Å²) in [5.41, 5.74) is 1.59. The maximum absolute atomic E-state index is 9.24. The van der Waals surface area contributed by atoms with E-state index < -0.39 is 0 Å². The van der Waals surface area contributed by atoms with Crippen LogP contribution in [0.15, 0.2) is 30.7 Å². The summed E-state index contributed by atoms with van der Waals surface area (Å²) < 4.78 is 0. The second-order valence-electron chi connectivity index (χ2n) is 2.36. The zero-order valence-electron chi connectivity index (χ0n) is 6.23. The lowest BCUT2D eigenvalue weighted by molar-refractivity contribution is 0.454. The first-order valence-corrected chi connectivity index (χ1v) is 3.51. The van der Waals surface area contributed by atoms with E-state index in [0.717, 1.165) is 5.56 Å². The molecule has 4 heteroatoms. The van der Waals surface area contributed by atoms with Crippen LogP contribution in [-0.4, -0.2) is 20.3 Å². The SMILES string of the molecule is Oc1n[nH]cc1-c1ccncc1. The molecule has 0 aromatic carbocycles. The highest BCUT2D eigenvalue weighted by atomic mass is 16.3. The Morgan fingerprint density at radius 1 is 1.25 bits per heavy atom. The van der Waals surface area contributed by atoms with Crippen molar-refractivity contribution in [3.63, 3.8) is 0 Å². The van der Waals surface area contributed by atoms with Crippen LogP contribution in [0.5, 0.6) is 5.88 Å². The van der Waals surface area contributed by atoms with E-state index in [4.69, 9.17) is 0 Å². The minimum Gasteiger partial charge on any atom is -0.492 e. The van der Waals surface area contributed by atoms with Crippen molar-refractivity contribution in [2.75, 3.05) is 0 Å². The number of aromatic hydroxyl groups is 1. The van der Waals surface area contributed by atoms with Gasteiger partial charge in [0, 0.05) is 18.6 Å². The molecule has 2 heterocycles. The first-order chi connectivity index (χ1) is 5.88. The van der Waals surface area contributed by atoms with Crippen LogP contribution >= 0.6 is 0 Å². The maximum atomic E-state index is 9.24. The van der Waals surface area contributed by atoms with Gasteiger partial charge in [-0.15, -0.1) is 5.10 Å². The van der Waals surface area contributed by atoms with Gasteiger partial charge in [-0.05, 0) is 17.7 Å². The van der Waals surface area contributed by atoms with Crippen molar-refractivity contribution in [2.24, 2.45) is 0 Å². The van der Waals surface area contributed by atoms with Gasteiger partial charge in [0.15, 0.2) is 0 Å². The van der Waals surface area contributed by atoms with E-state index in [9.17, 15) is 5.11 Å². The van der Waals surface area contributed by atoms with E-state index in [1.807, 2.05) is 12.1 Å². The molecule has 2 aromatic rings. The first-order valence-electron chi connectivity index (χ1n) is 3.51. The van der Waals surface area contributed by atoms with Gasteiger partial charge in [-0.25, -0.2) is 0 Å². The number of nitrogens with one attached hydrogen (secondary N) is 1. The molecule has 0 amide bonds. The second kappa shape index (κ2) is 2.65. The number of hydrogen-bond acceptors (Lipinski definition) is 3. The monoisotopic (exact) mass is 161 g/mol. The summed E-state index contributed by atoms with van der Waals surface area (Å²) >= 11 is 0. The summed E-state index contributed by atoms with van der Waals surface area (Å²) in [6.45, 7) is 0. The van der Waals surface area contributed by atoms with Crippen LogP contribution < -0.4 is 0 Å². The fraction of sp³-hybridized carbons (Fsp3) is 0. The summed E-state index contributed by atoms with van der Waals surface area (Å²) in [4.78, 5) is 3.87. The molecule has 0 bridgehead atoms. The lowest BCUT2D eigenvalue weighted by atomic mass is 10.1. The standard InChI is InChI=1S/C8H7N3O/c12-8-7(5-10-11-8)6-1-3-9-4-2-6/h1-5H,(H2,10,11,12). The highest BCUT2D eigenvalue weighted by Crippen LogP contribution is 2.24. The van der Waals surface area contributed by atoms with Crippen molar-refractivity contribution >= 4 is 0 Å². The molecule has 0 radical (unpaired) electrons. The van der Waals surface area contributed by atoms with Crippen molar-refractivity contribution in [1.29, 1.82) is 0 Å². The van der Waals surface area contributed by atoms with Crippen LogP contribution in [0, 0.1) is 0 Å². The molecule has 0 saturated heterocycles. The van der Waals surface area contributed by atoms with Gasteiger partial charge in [-0.3, -0.25) is 10.1 Å². The molecule has 0 spiro atoms. The number of pyridine rings is 1. The van der Waals surface area contributed by atoms with Crippen molar-refractivity contribution in [3.05, 3.63) is 30.7 Å². The Bertz CT molecular complexity index is 369. The zero-order chi connectivity index (χ0) is 8.39. The lowest BCUT2D eigenvalue weighted by Crippen LogP contribution is -1.75. The fourth-order valence-corrected chi connectivity index (χ4v) is 1.03. The number of rotatable bonds is 1. The largest absolute Gasteiger partial charge is 0.492 e. The normalized spacial score (nSPS) is 10.0. The first kappa shape index (κ1) is 6.84. The Morgan fingerprint density at radius 3 is 2.58 bits per heavy atom. The summed E-state index contributed by atoms with van der Waals surface area (Å²) in [5, 5.41) is 15.4. The molecule has 0 saturated carbocycles. The van der Waals surface area contributed by atoms with E-state index in [1.54, 1.807) is 18.6 Å². The van der Waals surface area contributed by atoms with Gasteiger partial charge in [0.25, 0.3) is 0 Å². The fourth-order valence-electron chi connectivity index (χ4n) is 1.03. The van der Waals surface area contributed by atoms with Gasteiger partial charge < -0.3 is 5.11 Å². The Labute approximate surface area is 68.9 Å². The molecule has 2 N–H and O–H groups in total. The molecule has 0 aliphatic rings. The average Bonchev–Trinajstić information content (AvgIpc) is 2.53. The van der Waals surface area contributed by atoms with E-state index >= 15 is 0 Å². The van der Waals surface area contributed by atoms with Gasteiger partial charge >= 0.3 is 0 Å². The maximum Gasteiger partial charge on any atom is 0.238 e. The number of aromatic nitrogens is 3. The van der Waals surface area contributed by atoms with Crippen molar-refractivity contribution < 1.29 is 5.11 Å². The average molecular weight is 161 g/mol. The van der Waals surface area contributed by atoms with Gasteiger partial charge in [0.2, 0.25) is 5.88 Å². The Hall–Kier alpha value is -1.84. The van der Waals surface area contributed by atoms with E-state index in [0.29, 0.717) is 5.56 Å². The van der Waals surface area contributed by atoms with E-state index in [1.165, 1.54) is 0 Å². The van der Waals surface area contributed by atoms with Gasteiger partial charge in [-0.2, -0.15) is 0 Å². The third kappa shape index (κ3) is 1.03. The minimum atomic E-state index is 0.0150. The third-order valence-electron chi connectivity index (χ3n) is 1.61. The minimum absolute atomic E-state index is 0.0150. The topological polar surface area (TPSA) is 61.8 Å². The number of hydrogen-bond donors (Lipinski definition) is 2. The Balaban J connectivity index is 2.51.